The van der Waals surface area contributed by atoms with Crippen molar-refractivity contribution in [3.05, 3.63) is 0 Å². The van der Waals surface area contributed by atoms with Gasteiger partial charge in [0.05, 0.1) is 19.8 Å². The predicted octanol–water partition coefficient (Wildman–Crippen LogP) is 0.671. The zero-order valence-corrected chi connectivity index (χ0v) is 22.2. The smallest absolute Gasteiger partial charge is 0.432 e. The first-order valence-corrected chi connectivity index (χ1v) is 13.1. The van der Waals surface area contributed by atoms with Crippen LogP contribution in [0.15, 0.2) is 0 Å². The van der Waals surface area contributed by atoms with Crippen LogP contribution in [0.1, 0.15) is 57.8 Å². The van der Waals surface area contributed by atoms with Crippen molar-refractivity contribution in [2.45, 2.75) is 57.8 Å². The minimum absolute atomic E-state index is 0.0941. The van der Waals surface area contributed by atoms with Crippen LogP contribution in [-0.2, 0) is 57.5 Å². The van der Waals surface area contributed by atoms with Crippen LogP contribution in [0.4, 0.5) is 14.4 Å². The van der Waals surface area contributed by atoms with E-state index >= 15 is 0 Å². The third-order valence-electron chi connectivity index (χ3n) is 6.83. The Bertz CT molecular complexity index is 989. The number of carbonyl (C=O) groups is 9. The van der Waals surface area contributed by atoms with Gasteiger partial charge in [-0.1, -0.05) is 15.2 Å². The maximum absolute atomic E-state index is 12.1. The molecule has 4 rings (SSSR count). The van der Waals surface area contributed by atoms with Crippen LogP contribution >= 0.6 is 0 Å². The van der Waals surface area contributed by atoms with Crippen LogP contribution in [-0.4, -0.2) is 88.9 Å². The summed E-state index contributed by atoms with van der Waals surface area (Å²) in [6.45, 7) is -0.695. The minimum atomic E-state index is -1.28. The molecule has 0 bridgehead atoms. The van der Waals surface area contributed by atoms with Crippen LogP contribution in [0.5, 0.6) is 0 Å². The van der Waals surface area contributed by atoms with Crippen molar-refractivity contribution in [2.24, 2.45) is 17.8 Å². The van der Waals surface area contributed by atoms with E-state index in [0.29, 0.717) is 34.5 Å². The van der Waals surface area contributed by atoms with Crippen molar-refractivity contribution in [2.75, 3.05) is 19.8 Å². The SMILES string of the molecule is O=C(OCC1CC(COC(=O)ON2C(=O)CCC2=O)CC(COC(=O)ON2C(=O)CCC2=O)C1)ON1C(=O)CCC1=O. The molecule has 18 heteroatoms. The van der Waals surface area contributed by atoms with Crippen LogP contribution in [0.3, 0.4) is 0 Å². The van der Waals surface area contributed by atoms with Gasteiger partial charge >= 0.3 is 18.5 Å². The van der Waals surface area contributed by atoms with E-state index in [1.165, 1.54) is 0 Å². The fourth-order valence-corrected chi connectivity index (χ4v) is 4.95. The van der Waals surface area contributed by atoms with Crippen molar-refractivity contribution in [3.63, 3.8) is 0 Å². The monoisotopic (exact) mass is 597 g/mol. The first-order valence-electron chi connectivity index (χ1n) is 13.1. The summed E-state index contributed by atoms with van der Waals surface area (Å²) in [6, 6.07) is 0. The summed E-state index contributed by atoms with van der Waals surface area (Å²) in [5, 5.41) is 0.998. The normalized spacial score (nSPS) is 24.3. The third kappa shape index (κ3) is 7.70. The molecule has 3 aliphatic heterocycles. The largest absolute Gasteiger partial charge is 0.533 e. The number of imide groups is 3. The van der Waals surface area contributed by atoms with Gasteiger partial charge in [0.1, 0.15) is 0 Å². The van der Waals surface area contributed by atoms with Gasteiger partial charge in [-0.2, -0.15) is 0 Å². The minimum Gasteiger partial charge on any atom is -0.432 e. The van der Waals surface area contributed by atoms with Crippen LogP contribution in [0.25, 0.3) is 0 Å². The lowest BCUT2D eigenvalue weighted by Gasteiger charge is -2.34. The Balaban J connectivity index is 1.30. The highest BCUT2D eigenvalue weighted by Gasteiger charge is 2.37. The lowest BCUT2D eigenvalue weighted by Crippen LogP contribution is -2.36. The van der Waals surface area contributed by atoms with Crippen molar-refractivity contribution >= 4 is 53.9 Å². The average molecular weight is 597 g/mol. The molecule has 0 aromatic rings. The Morgan fingerprint density at radius 2 is 0.667 bits per heavy atom. The summed E-state index contributed by atoms with van der Waals surface area (Å²) in [7, 11) is 0. The Kier molecular flexibility index (Phi) is 9.53. The fraction of sp³-hybridized carbons (Fsp3) is 0.625. The molecule has 3 heterocycles. The van der Waals surface area contributed by atoms with E-state index in [9.17, 15) is 43.2 Å². The zero-order chi connectivity index (χ0) is 30.4. The van der Waals surface area contributed by atoms with E-state index in [1.54, 1.807) is 0 Å². The predicted molar refractivity (Wildman–Crippen MR) is 125 cm³/mol. The molecule has 1 aliphatic carbocycles. The van der Waals surface area contributed by atoms with Gasteiger partial charge in [-0.05, 0) is 37.0 Å². The van der Waals surface area contributed by atoms with Crippen molar-refractivity contribution < 1.29 is 71.9 Å². The van der Waals surface area contributed by atoms with Crippen LogP contribution < -0.4 is 0 Å². The maximum Gasteiger partial charge on any atom is 0.533 e. The molecule has 42 heavy (non-hydrogen) atoms. The number of rotatable bonds is 9. The highest BCUT2D eigenvalue weighted by molar-refractivity contribution is 6.02. The summed E-state index contributed by atoms with van der Waals surface area (Å²) in [6.07, 6.45) is -3.40. The summed E-state index contributed by atoms with van der Waals surface area (Å²) < 4.78 is 15.2. The Morgan fingerprint density at radius 1 is 0.452 bits per heavy atom. The highest BCUT2D eigenvalue weighted by Crippen LogP contribution is 2.34. The van der Waals surface area contributed by atoms with Gasteiger partial charge in [-0.25, -0.2) is 14.4 Å². The molecular weight excluding hydrogens is 570 g/mol. The number of nitrogens with zero attached hydrogens (tertiary/aromatic N) is 3. The first kappa shape index (κ1) is 30.2. The standard InChI is InChI=1S/C24H27N3O15/c28-16-1-2-17(29)25(16)40-22(34)37-10-13-7-14(11-38-23(35)41-26-18(30)3-4-19(26)31)9-15(8-13)12-39-24(36)42-27-20(32)5-6-21(27)33/h13-15H,1-12H2. The number of hydrogen-bond acceptors (Lipinski definition) is 15. The molecular formula is C24H27N3O15. The van der Waals surface area contributed by atoms with Gasteiger partial charge in [0.25, 0.3) is 35.4 Å². The number of carbonyl (C=O) groups excluding carboxylic acids is 9. The molecule has 0 radical (unpaired) electrons. The zero-order valence-electron chi connectivity index (χ0n) is 22.2. The summed E-state index contributed by atoms with van der Waals surface area (Å²) in [5.74, 6) is -5.28. The Labute approximate surface area is 236 Å². The molecule has 4 fully saturated rings. The topological polar surface area (TPSA) is 219 Å². The van der Waals surface area contributed by atoms with Crippen molar-refractivity contribution in [3.8, 4) is 0 Å². The van der Waals surface area contributed by atoms with E-state index in [0.717, 1.165) is 0 Å². The molecule has 4 aliphatic rings. The van der Waals surface area contributed by atoms with E-state index in [2.05, 4.69) is 14.5 Å². The molecule has 0 aromatic heterocycles. The van der Waals surface area contributed by atoms with E-state index in [4.69, 9.17) is 14.2 Å². The average Bonchev–Trinajstić information content (AvgIpc) is 3.57. The molecule has 18 nitrogen and oxygen atoms in total. The summed E-state index contributed by atoms with van der Waals surface area (Å²) >= 11 is 0. The Hall–Kier alpha value is -4.77. The summed E-state index contributed by atoms with van der Waals surface area (Å²) in [4.78, 5) is 120. The second-order valence-corrected chi connectivity index (χ2v) is 10.0. The third-order valence-corrected chi connectivity index (χ3v) is 6.83. The van der Waals surface area contributed by atoms with E-state index in [-0.39, 0.29) is 58.3 Å². The van der Waals surface area contributed by atoms with Crippen molar-refractivity contribution in [1.29, 1.82) is 0 Å². The number of hydroxylamine groups is 6. The van der Waals surface area contributed by atoms with E-state index in [1.807, 2.05) is 0 Å². The van der Waals surface area contributed by atoms with Crippen molar-refractivity contribution in [1.82, 2.24) is 15.2 Å². The van der Waals surface area contributed by atoms with Gasteiger partial charge in [0, 0.05) is 38.5 Å². The van der Waals surface area contributed by atoms with Gasteiger partial charge in [0.15, 0.2) is 0 Å². The Morgan fingerprint density at radius 3 is 0.881 bits per heavy atom. The molecule has 0 aromatic carbocycles. The van der Waals surface area contributed by atoms with Crippen LogP contribution in [0, 0.1) is 17.8 Å². The lowest BCUT2D eigenvalue weighted by molar-refractivity contribution is -0.177. The molecule has 0 unspecified atom stereocenters. The molecule has 1 saturated carbocycles. The van der Waals surface area contributed by atoms with E-state index < -0.39 is 71.7 Å². The first-order chi connectivity index (χ1) is 20.0. The molecule has 0 spiro atoms. The van der Waals surface area contributed by atoms with Gasteiger partial charge in [-0.3, -0.25) is 43.3 Å². The number of amides is 6. The van der Waals surface area contributed by atoms with Gasteiger partial charge in [0.2, 0.25) is 0 Å². The second kappa shape index (κ2) is 13.3. The maximum atomic E-state index is 12.1. The number of ether oxygens (including phenoxy) is 3. The van der Waals surface area contributed by atoms with Gasteiger partial charge < -0.3 is 14.2 Å². The number of hydrogen-bond donors (Lipinski definition) is 0. The quantitative estimate of drug-likeness (QED) is 0.203. The van der Waals surface area contributed by atoms with Gasteiger partial charge in [-0.15, -0.1) is 0 Å². The molecule has 0 N–H and O–H groups in total. The fourth-order valence-electron chi connectivity index (χ4n) is 4.95. The highest BCUT2D eigenvalue weighted by atomic mass is 16.8. The molecule has 3 saturated heterocycles. The summed E-state index contributed by atoms with van der Waals surface area (Å²) in [5.41, 5.74) is 0. The molecule has 228 valence electrons. The second-order valence-electron chi connectivity index (χ2n) is 10.0. The van der Waals surface area contributed by atoms with Crippen LogP contribution in [0.2, 0.25) is 0 Å². The molecule has 0 atom stereocenters. The molecule has 6 amide bonds. The lowest BCUT2D eigenvalue weighted by atomic mass is 9.76.